The summed E-state index contributed by atoms with van der Waals surface area (Å²) in [4.78, 5) is 22.8. The molecule has 3 fully saturated rings. The van der Waals surface area contributed by atoms with Crippen LogP contribution in [0.25, 0.3) is 10.2 Å². The number of nitrogens with zero attached hydrogens (tertiary/aromatic N) is 3. The van der Waals surface area contributed by atoms with E-state index in [2.05, 4.69) is 28.0 Å². The van der Waals surface area contributed by atoms with Crippen LogP contribution in [-0.2, 0) is 4.79 Å². The summed E-state index contributed by atoms with van der Waals surface area (Å²) >= 11 is 1.74. The van der Waals surface area contributed by atoms with E-state index in [0.29, 0.717) is 11.9 Å². The van der Waals surface area contributed by atoms with Gasteiger partial charge in [-0.25, -0.2) is 4.98 Å². The number of anilines is 1. The van der Waals surface area contributed by atoms with Crippen molar-refractivity contribution < 1.29 is 9.90 Å². The lowest BCUT2D eigenvalue weighted by atomic mass is 9.78. The number of fused-ring (bicyclic) bond motifs is 1. The maximum Gasteiger partial charge on any atom is 0.230 e. The third-order valence-corrected chi connectivity index (χ3v) is 7.88. The largest absolute Gasteiger partial charge is 0.393 e. The molecule has 5 rings (SSSR count). The quantitative estimate of drug-likeness (QED) is 0.861. The van der Waals surface area contributed by atoms with Gasteiger partial charge in [-0.15, -0.1) is 0 Å². The summed E-state index contributed by atoms with van der Waals surface area (Å²) in [5, 5.41) is 10.8. The van der Waals surface area contributed by atoms with E-state index < -0.39 is 0 Å². The fourth-order valence-electron chi connectivity index (χ4n) is 5.23. The second kappa shape index (κ2) is 6.74. The van der Waals surface area contributed by atoms with Crippen LogP contribution in [0, 0.1) is 5.41 Å². The standard InChI is InChI=1S/C21H27N3O2S/c25-16-8-6-15(7-9-16)24-13-11-21(19(24)26)10-3-12-23(14-21)20-22-17-4-1-2-5-18(17)27-20/h1-2,4-5,15-16,25H,3,6-14H2/t15-,16-,21-/m0/s1. The molecule has 1 aromatic heterocycles. The number of aliphatic hydroxyl groups is 1. The van der Waals surface area contributed by atoms with Gasteiger partial charge in [-0.2, -0.15) is 0 Å². The summed E-state index contributed by atoms with van der Waals surface area (Å²) < 4.78 is 1.22. The van der Waals surface area contributed by atoms with Crippen LogP contribution in [0.5, 0.6) is 0 Å². The predicted octanol–water partition coefficient (Wildman–Crippen LogP) is 3.42. The zero-order chi connectivity index (χ0) is 18.4. The lowest BCUT2D eigenvalue weighted by Gasteiger charge is -2.40. The van der Waals surface area contributed by atoms with E-state index in [9.17, 15) is 9.90 Å². The molecule has 1 amide bonds. The summed E-state index contributed by atoms with van der Waals surface area (Å²) in [6, 6.07) is 8.61. The number of aromatic nitrogens is 1. The van der Waals surface area contributed by atoms with Crippen molar-refractivity contribution in [2.75, 3.05) is 24.5 Å². The van der Waals surface area contributed by atoms with Gasteiger partial charge in [-0.3, -0.25) is 4.79 Å². The Morgan fingerprint density at radius 3 is 2.74 bits per heavy atom. The Labute approximate surface area is 164 Å². The number of aliphatic hydroxyl groups excluding tert-OH is 1. The van der Waals surface area contributed by atoms with E-state index in [1.165, 1.54) is 4.70 Å². The molecular formula is C21H27N3O2S. The fourth-order valence-corrected chi connectivity index (χ4v) is 6.23. The topological polar surface area (TPSA) is 56.7 Å². The number of piperidine rings is 1. The van der Waals surface area contributed by atoms with Crippen molar-refractivity contribution >= 4 is 32.6 Å². The second-order valence-electron chi connectivity index (χ2n) is 8.48. The molecule has 1 aliphatic carbocycles. The third-order valence-electron chi connectivity index (χ3n) is 6.78. The molecule has 1 atom stereocenters. The number of hydrogen-bond acceptors (Lipinski definition) is 5. The highest BCUT2D eigenvalue weighted by Crippen LogP contribution is 2.44. The summed E-state index contributed by atoms with van der Waals surface area (Å²) in [7, 11) is 0. The molecule has 5 nitrogen and oxygen atoms in total. The van der Waals surface area contributed by atoms with Gasteiger partial charge in [0.25, 0.3) is 0 Å². The molecular weight excluding hydrogens is 358 g/mol. The fraction of sp³-hybridized carbons (Fsp3) is 0.619. The highest BCUT2D eigenvalue weighted by atomic mass is 32.1. The van der Waals surface area contributed by atoms with Crippen LogP contribution in [-0.4, -0.2) is 52.7 Å². The predicted molar refractivity (Wildman–Crippen MR) is 108 cm³/mol. The molecule has 6 heteroatoms. The Morgan fingerprint density at radius 2 is 1.93 bits per heavy atom. The number of likely N-dealkylation sites (tertiary alicyclic amines) is 1. The molecule has 0 bridgehead atoms. The molecule has 0 radical (unpaired) electrons. The van der Waals surface area contributed by atoms with Crippen molar-refractivity contribution in [3.8, 4) is 0 Å². The Hall–Kier alpha value is -1.66. The smallest absolute Gasteiger partial charge is 0.230 e. The maximum absolute atomic E-state index is 13.4. The molecule has 1 N–H and O–H groups in total. The summed E-state index contributed by atoms with van der Waals surface area (Å²) in [6.07, 6.45) is 6.41. The normalized spacial score (nSPS) is 32.0. The van der Waals surface area contributed by atoms with E-state index >= 15 is 0 Å². The van der Waals surface area contributed by atoms with Crippen LogP contribution in [0.4, 0.5) is 5.13 Å². The van der Waals surface area contributed by atoms with Crippen LogP contribution < -0.4 is 4.90 Å². The first kappa shape index (κ1) is 17.4. The van der Waals surface area contributed by atoms with Crippen LogP contribution in [0.2, 0.25) is 0 Å². The minimum atomic E-state index is -0.230. The van der Waals surface area contributed by atoms with Crippen LogP contribution in [0.15, 0.2) is 24.3 Å². The molecule has 1 saturated carbocycles. The molecule has 3 heterocycles. The molecule has 27 heavy (non-hydrogen) atoms. The van der Waals surface area contributed by atoms with Gasteiger partial charge >= 0.3 is 0 Å². The van der Waals surface area contributed by atoms with Gasteiger partial charge in [-0.1, -0.05) is 23.5 Å². The van der Waals surface area contributed by atoms with Crippen molar-refractivity contribution in [2.45, 2.75) is 57.1 Å². The molecule has 2 aromatic rings. The first-order chi connectivity index (χ1) is 13.1. The van der Waals surface area contributed by atoms with Gasteiger partial charge in [0.15, 0.2) is 5.13 Å². The molecule has 2 aliphatic heterocycles. The summed E-state index contributed by atoms with van der Waals surface area (Å²) in [6.45, 7) is 2.68. The van der Waals surface area contributed by atoms with E-state index in [0.717, 1.165) is 75.2 Å². The highest BCUT2D eigenvalue weighted by Gasteiger charge is 2.50. The molecule has 1 aromatic carbocycles. The van der Waals surface area contributed by atoms with Gasteiger partial charge in [0.1, 0.15) is 0 Å². The average Bonchev–Trinajstić information content (AvgIpc) is 3.25. The van der Waals surface area contributed by atoms with E-state index in [-0.39, 0.29) is 11.5 Å². The average molecular weight is 386 g/mol. The van der Waals surface area contributed by atoms with Crippen molar-refractivity contribution in [1.82, 2.24) is 9.88 Å². The zero-order valence-electron chi connectivity index (χ0n) is 15.6. The second-order valence-corrected chi connectivity index (χ2v) is 9.49. The van der Waals surface area contributed by atoms with Crippen molar-refractivity contribution in [1.29, 1.82) is 0 Å². The molecule has 144 valence electrons. The first-order valence-corrected chi connectivity index (χ1v) is 11.1. The summed E-state index contributed by atoms with van der Waals surface area (Å²) in [5.41, 5.74) is 0.823. The number of para-hydroxylation sites is 1. The van der Waals surface area contributed by atoms with E-state index in [1.54, 1.807) is 11.3 Å². The van der Waals surface area contributed by atoms with Crippen LogP contribution in [0.1, 0.15) is 44.9 Å². The number of carbonyl (C=O) groups excluding carboxylic acids is 1. The number of amides is 1. The number of thiazole rings is 1. The van der Waals surface area contributed by atoms with Crippen LogP contribution in [0.3, 0.4) is 0 Å². The van der Waals surface area contributed by atoms with Crippen molar-refractivity contribution in [3.05, 3.63) is 24.3 Å². The van der Waals surface area contributed by atoms with Crippen molar-refractivity contribution in [2.24, 2.45) is 5.41 Å². The Morgan fingerprint density at radius 1 is 1.11 bits per heavy atom. The van der Waals surface area contributed by atoms with Crippen LogP contribution >= 0.6 is 11.3 Å². The molecule has 1 spiro atoms. The van der Waals surface area contributed by atoms with Gasteiger partial charge in [0, 0.05) is 25.7 Å². The monoisotopic (exact) mass is 385 g/mol. The summed E-state index contributed by atoms with van der Waals surface area (Å²) in [5.74, 6) is 0.356. The number of rotatable bonds is 2. The molecule has 2 saturated heterocycles. The Balaban J connectivity index is 1.35. The highest BCUT2D eigenvalue weighted by molar-refractivity contribution is 7.22. The lowest BCUT2D eigenvalue weighted by molar-refractivity contribution is -0.139. The lowest BCUT2D eigenvalue weighted by Crippen LogP contribution is -2.50. The SMILES string of the molecule is O=C1N([C@H]2CC[C@H](O)CC2)CC[C@]12CCCN(c1nc3ccccc3s1)C2. The Kier molecular flexibility index (Phi) is 4.36. The molecule has 0 unspecified atom stereocenters. The minimum Gasteiger partial charge on any atom is -0.393 e. The maximum atomic E-state index is 13.4. The van der Waals surface area contributed by atoms with Gasteiger partial charge in [0.2, 0.25) is 5.91 Å². The molecule has 3 aliphatic rings. The van der Waals surface area contributed by atoms with Gasteiger partial charge < -0.3 is 14.9 Å². The third kappa shape index (κ3) is 3.03. The first-order valence-electron chi connectivity index (χ1n) is 10.2. The zero-order valence-corrected chi connectivity index (χ0v) is 16.5. The van der Waals surface area contributed by atoms with Gasteiger partial charge in [0.05, 0.1) is 21.7 Å². The number of carbonyl (C=O) groups is 1. The minimum absolute atomic E-state index is 0.169. The Bertz CT molecular complexity index is 812. The van der Waals surface area contributed by atoms with Crippen molar-refractivity contribution in [3.63, 3.8) is 0 Å². The van der Waals surface area contributed by atoms with Gasteiger partial charge in [-0.05, 0) is 57.1 Å². The number of hydrogen-bond donors (Lipinski definition) is 1. The van der Waals surface area contributed by atoms with E-state index in [1.807, 2.05) is 6.07 Å². The van der Waals surface area contributed by atoms with E-state index in [4.69, 9.17) is 4.98 Å². The number of benzene rings is 1.